The molecule has 2 amide bonds. The van der Waals surface area contributed by atoms with E-state index in [0.29, 0.717) is 22.6 Å². The molecule has 6 nitrogen and oxygen atoms in total. The Morgan fingerprint density at radius 3 is 1.72 bits per heavy atom. The number of rotatable bonds is 5. The molecule has 0 heterocycles. The number of benzene rings is 2. The number of nitrogens with one attached hydrogen (secondary N) is 1. The van der Waals surface area contributed by atoms with E-state index in [4.69, 9.17) is 4.74 Å². The molecule has 2 aromatic carbocycles. The molecule has 0 radical (unpaired) electrons. The van der Waals surface area contributed by atoms with Gasteiger partial charge >= 0.3 is 0 Å². The number of hydrazone groups is 1. The van der Waals surface area contributed by atoms with Gasteiger partial charge in [-0.1, -0.05) is 12.8 Å². The lowest BCUT2D eigenvalue weighted by Gasteiger charge is -2.12. The molecule has 2 aliphatic rings. The van der Waals surface area contributed by atoms with Crippen molar-refractivity contribution in [3.05, 3.63) is 59.7 Å². The Morgan fingerprint density at radius 1 is 0.656 bits per heavy atom. The minimum Gasteiger partial charge on any atom is -0.457 e. The van der Waals surface area contributed by atoms with Crippen LogP contribution in [0.2, 0.25) is 0 Å². The summed E-state index contributed by atoms with van der Waals surface area (Å²) in [5.74, 6) is 0.812. The fraction of sp³-hybridized carbons (Fsp3) is 0.385. The van der Waals surface area contributed by atoms with Crippen LogP contribution in [0.4, 0.5) is 0 Å². The predicted octanol–water partition coefficient (Wildman–Crippen LogP) is 6.07. The lowest BCUT2D eigenvalue weighted by atomic mass is 9.98. The van der Waals surface area contributed by atoms with Crippen molar-refractivity contribution in [2.24, 2.45) is 10.1 Å². The Morgan fingerprint density at radius 2 is 1.16 bits per heavy atom. The number of hydrogen-bond acceptors (Lipinski definition) is 4. The van der Waals surface area contributed by atoms with E-state index in [1.54, 1.807) is 48.5 Å². The molecule has 2 aromatic rings. The molecule has 0 aromatic heterocycles. The highest BCUT2D eigenvalue weighted by Crippen LogP contribution is 2.23. The standard InChI is InChI=1S/C26H29N3O3/c30-25(27-21-7-3-1-4-8-21)19-11-15-23(16-12-19)32-24-17-13-20(14-18-24)26(31)29-28-22-9-5-2-6-10-22/h11-18H,1-10H2,(H,29,31). The molecule has 1 N–H and O–H groups in total. The highest BCUT2D eigenvalue weighted by atomic mass is 16.5. The van der Waals surface area contributed by atoms with Gasteiger partial charge in [-0.3, -0.25) is 9.59 Å². The summed E-state index contributed by atoms with van der Waals surface area (Å²) in [7, 11) is 0. The molecule has 0 bridgehead atoms. The first-order chi connectivity index (χ1) is 15.7. The smallest absolute Gasteiger partial charge is 0.276 e. The van der Waals surface area contributed by atoms with E-state index in [2.05, 4.69) is 15.5 Å². The maximum atomic E-state index is 12.4. The zero-order valence-corrected chi connectivity index (χ0v) is 18.3. The normalized spacial score (nSPS) is 16.2. The summed E-state index contributed by atoms with van der Waals surface area (Å²) in [4.78, 5) is 28.9. The van der Waals surface area contributed by atoms with Crippen molar-refractivity contribution < 1.29 is 14.3 Å². The number of aliphatic imine (C=N–C) groups is 1. The van der Waals surface area contributed by atoms with Gasteiger partial charge < -0.3 is 4.74 Å². The van der Waals surface area contributed by atoms with E-state index in [-0.39, 0.29) is 11.8 Å². The van der Waals surface area contributed by atoms with Gasteiger partial charge in [-0.05, 0) is 99.9 Å². The Labute approximate surface area is 188 Å². The second-order valence-corrected chi connectivity index (χ2v) is 8.37. The fourth-order valence-corrected chi connectivity index (χ4v) is 4.02. The monoisotopic (exact) mass is 431 g/mol. The molecule has 2 fully saturated rings. The summed E-state index contributed by atoms with van der Waals surface area (Å²) in [6, 6.07) is 13.9. The maximum Gasteiger partial charge on any atom is 0.276 e. The van der Waals surface area contributed by atoms with Gasteiger partial charge in [-0.25, -0.2) is 10.4 Å². The van der Waals surface area contributed by atoms with Gasteiger partial charge in [0.1, 0.15) is 11.5 Å². The summed E-state index contributed by atoms with van der Waals surface area (Å²) in [6.45, 7) is 0. The molecule has 0 unspecified atom stereocenters. The number of carbonyl (C=O) groups excluding carboxylic acids is 2. The van der Waals surface area contributed by atoms with Crippen molar-refractivity contribution in [2.75, 3.05) is 0 Å². The van der Waals surface area contributed by atoms with Crippen molar-refractivity contribution in [1.82, 2.24) is 5.43 Å². The van der Waals surface area contributed by atoms with Gasteiger partial charge in [-0.2, -0.15) is 5.10 Å². The topological polar surface area (TPSA) is 80.1 Å². The molecule has 0 atom stereocenters. The highest BCUT2D eigenvalue weighted by Gasteiger charge is 2.12. The molecule has 2 aliphatic carbocycles. The van der Waals surface area contributed by atoms with Crippen LogP contribution in [0.3, 0.4) is 0 Å². The average molecular weight is 432 g/mol. The minimum atomic E-state index is -0.225. The minimum absolute atomic E-state index is 0.194. The van der Waals surface area contributed by atoms with E-state index in [1.165, 1.54) is 12.8 Å². The summed E-state index contributed by atoms with van der Waals surface area (Å²) in [5, 5.41) is 4.26. The number of nitrogens with zero attached hydrogens (tertiary/aromatic N) is 2. The van der Waals surface area contributed by atoms with Crippen molar-refractivity contribution in [3.63, 3.8) is 0 Å². The third kappa shape index (κ3) is 6.13. The molecule has 4 rings (SSSR count). The molecular weight excluding hydrogens is 402 g/mol. The molecular formula is C26H29N3O3. The van der Waals surface area contributed by atoms with Crippen LogP contribution < -0.4 is 10.2 Å². The summed E-state index contributed by atoms with van der Waals surface area (Å²) in [6.07, 6.45) is 10.8. The van der Waals surface area contributed by atoms with Gasteiger partial charge in [0.2, 0.25) is 0 Å². The number of amides is 2. The molecule has 32 heavy (non-hydrogen) atoms. The molecule has 166 valence electrons. The van der Waals surface area contributed by atoms with Crippen LogP contribution in [-0.2, 0) is 0 Å². The van der Waals surface area contributed by atoms with Crippen LogP contribution in [0, 0.1) is 0 Å². The molecule has 6 heteroatoms. The average Bonchev–Trinajstić information content (AvgIpc) is 2.85. The van der Waals surface area contributed by atoms with E-state index < -0.39 is 0 Å². The predicted molar refractivity (Wildman–Crippen MR) is 126 cm³/mol. The largest absolute Gasteiger partial charge is 0.457 e. The van der Waals surface area contributed by atoms with E-state index in [9.17, 15) is 9.59 Å². The molecule has 2 saturated carbocycles. The van der Waals surface area contributed by atoms with Gasteiger partial charge in [0.05, 0.1) is 0 Å². The van der Waals surface area contributed by atoms with Gasteiger partial charge in [0.15, 0.2) is 0 Å². The first-order valence-electron chi connectivity index (χ1n) is 11.5. The first kappa shape index (κ1) is 21.9. The maximum absolute atomic E-state index is 12.4. The second kappa shape index (κ2) is 10.8. The third-order valence-corrected chi connectivity index (χ3v) is 5.89. The zero-order valence-electron chi connectivity index (χ0n) is 18.3. The van der Waals surface area contributed by atoms with E-state index >= 15 is 0 Å². The lowest BCUT2D eigenvalue weighted by Crippen LogP contribution is -2.20. The lowest BCUT2D eigenvalue weighted by molar-refractivity contribution is 0.0953. The third-order valence-electron chi connectivity index (χ3n) is 5.89. The summed E-state index contributed by atoms with van der Waals surface area (Å²) in [5.41, 5.74) is 5.81. The van der Waals surface area contributed by atoms with Crippen molar-refractivity contribution >= 4 is 23.2 Å². The van der Waals surface area contributed by atoms with Crippen LogP contribution in [-0.4, -0.2) is 23.2 Å². The number of ether oxygens (including phenoxy) is 1. The Balaban J connectivity index is 1.32. The number of hydrogen-bond donors (Lipinski definition) is 1. The Bertz CT molecular complexity index is 992. The Hall–Kier alpha value is -3.28. The fourth-order valence-electron chi connectivity index (χ4n) is 4.02. The van der Waals surface area contributed by atoms with Gasteiger partial charge in [-0.15, -0.1) is 0 Å². The SMILES string of the molecule is O=C(N=C1CCCCC1)c1ccc(Oc2ccc(C(=O)NN=C3CCCCC3)cc2)cc1. The van der Waals surface area contributed by atoms with Gasteiger partial charge in [0, 0.05) is 22.6 Å². The number of carbonyl (C=O) groups is 2. The van der Waals surface area contributed by atoms with Crippen molar-refractivity contribution in [1.29, 1.82) is 0 Å². The zero-order chi connectivity index (χ0) is 22.2. The van der Waals surface area contributed by atoms with Crippen molar-refractivity contribution in [2.45, 2.75) is 64.2 Å². The second-order valence-electron chi connectivity index (χ2n) is 8.37. The van der Waals surface area contributed by atoms with E-state index in [0.717, 1.165) is 62.8 Å². The van der Waals surface area contributed by atoms with E-state index in [1.807, 2.05) is 0 Å². The van der Waals surface area contributed by atoms with Crippen molar-refractivity contribution in [3.8, 4) is 11.5 Å². The first-order valence-corrected chi connectivity index (χ1v) is 11.5. The van der Waals surface area contributed by atoms with Crippen LogP contribution in [0.15, 0.2) is 58.6 Å². The molecule has 0 aliphatic heterocycles. The van der Waals surface area contributed by atoms with Crippen LogP contribution in [0.1, 0.15) is 84.9 Å². The van der Waals surface area contributed by atoms with Crippen LogP contribution >= 0.6 is 0 Å². The quantitative estimate of drug-likeness (QED) is 0.583. The molecule has 0 saturated heterocycles. The Kier molecular flexibility index (Phi) is 7.43. The van der Waals surface area contributed by atoms with Crippen LogP contribution in [0.5, 0.6) is 11.5 Å². The van der Waals surface area contributed by atoms with Crippen LogP contribution in [0.25, 0.3) is 0 Å². The summed E-state index contributed by atoms with van der Waals surface area (Å²) < 4.78 is 5.85. The summed E-state index contributed by atoms with van der Waals surface area (Å²) >= 11 is 0. The molecule has 0 spiro atoms. The van der Waals surface area contributed by atoms with Gasteiger partial charge in [0.25, 0.3) is 11.8 Å². The highest BCUT2D eigenvalue weighted by molar-refractivity contribution is 6.04.